The van der Waals surface area contributed by atoms with Gasteiger partial charge in [0, 0.05) is 5.69 Å². The van der Waals surface area contributed by atoms with E-state index in [1.165, 1.54) is 29.5 Å². The molecule has 1 fully saturated rings. The van der Waals surface area contributed by atoms with Gasteiger partial charge in [-0.15, -0.1) is 0 Å². The third-order valence-electron chi connectivity index (χ3n) is 3.59. The summed E-state index contributed by atoms with van der Waals surface area (Å²) < 4.78 is 5.85. The van der Waals surface area contributed by atoms with Gasteiger partial charge in [0.1, 0.15) is 12.4 Å². The van der Waals surface area contributed by atoms with Crippen molar-refractivity contribution in [3.05, 3.63) is 59.2 Å². The fourth-order valence-electron chi connectivity index (χ4n) is 2.35. The van der Waals surface area contributed by atoms with E-state index in [-0.39, 0.29) is 0 Å². The molecule has 0 bridgehead atoms. The molecule has 1 aliphatic rings. The van der Waals surface area contributed by atoms with Crippen LogP contribution in [0.3, 0.4) is 0 Å². The van der Waals surface area contributed by atoms with E-state index in [1.807, 2.05) is 24.3 Å². The average Bonchev–Trinajstić information content (AvgIpc) is 3.23. The number of hydrogen-bond acceptors (Lipinski definition) is 2. The highest BCUT2D eigenvalue weighted by Crippen LogP contribution is 2.42. The Hall–Kier alpha value is -1.96. The minimum atomic E-state index is 0.635. The van der Waals surface area contributed by atoms with Crippen LogP contribution in [0, 0.1) is 6.92 Å². The van der Waals surface area contributed by atoms with Crippen LogP contribution in [0.5, 0.6) is 5.75 Å². The maximum absolute atomic E-state index is 5.85. The van der Waals surface area contributed by atoms with Crippen LogP contribution in [0.4, 0.5) is 5.69 Å². The van der Waals surface area contributed by atoms with Crippen LogP contribution in [0.2, 0.25) is 0 Å². The molecule has 3 rings (SSSR count). The molecular formula is C17H19NO. The number of ether oxygens (including phenoxy) is 1. The lowest BCUT2D eigenvalue weighted by Crippen LogP contribution is -2.00. The molecule has 19 heavy (non-hydrogen) atoms. The SMILES string of the molecule is Cc1ccc(COc2ccc(N)cc2)c(C2CC2)c1. The van der Waals surface area contributed by atoms with Gasteiger partial charge in [-0.2, -0.15) is 0 Å². The summed E-state index contributed by atoms with van der Waals surface area (Å²) >= 11 is 0. The van der Waals surface area contributed by atoms with Gasteiger partial charge in [-0.05, 0) is 61.1 Å². The normalized spacial score (nSPS) is 14.4. The molecule has 2 aromatic carbocycles. The maximum Gasteiger partial charge on any atom is 0.119 e. The summed E-state index contributed by atoms with van der Waals surface area (Å²) in [7, 11) is 0. The standard InChI is InChI=1S/C17H19NO/c1-12-2-3-14(17(10-12)13-4-5-13)11-19-16-8-6-15(18)7-9-16/h2-3,6-10,13H,4-5,11,18H2,1H3. The monoisotopic (exact) mass is 253 g/mol. The predicted octanol–water partition coefficient (Wildman–Crippen LogP) is 4.03. The van der Waals surface area contributed by atoms with Crippen molar-refractivity contribution in [2.24, 2.45) is 0 Å². The summed E-state index contributed by atoms with van der Waals surface area (Å²) in [5, 5.41) is 0. The fourth-order valence-corrected chi connectivity index (χ4v) is 2.35. The smallest absolute Gasteiger partial charge is 0.119 e. The fraction of sp³-hybridized carbons (Fsp3) is 0.294. The van der Waals surface area contributed by atoms with Crippen molar-refractivity contribution in [2.45, 2.75) is 32.3 Å². The second kappa shape index (κ2) is 4.96. The Morgan fingerprint density at radius 1 is 1.11 bits per heavy atom. The quantitative estimate of drug-likeness (QED) is 0.835. The molecule has 1 saturated carbocycles. The Balaban J connectivity index is 1.74. The summed E-state index contributed by atoms with van der Waals surface area (Å²) in [5.41, 5.74) is 10.5. The van der Waals surface area contributed by atoms with Crippen molar-refractivity contribution < 1.29 is 4.74 Å². The Morgan fingerprint density at radius 3 is 2.53 bits per heavy atom. The van der Waals surface area contributed by atoms with E-state index in [2.05, 4.69) is 25.1 Å². The Bertz CT molecular complexity index is 570. The summed E-state index contributed by atoms with van der Waals surface area (Å²) in [6, 6.07) is 14.2. The van der Waals surface area contributed by atoms with Gasteiger partial charge in [-0.1, -0.05) is 23.8 Å². The van der Waals surface area contributed by atoms with Gasteiger partial charge < -0.3 is 10.5 Å². The van der Waals surface area contributed by atoms with E-state index in [9.17, 15) is 0 Å². The van der Waals surface area contributed by atoms with Crippen molar-refractivity contribution in [1.29, 1.82) is 0 Å². The van der Waals surface area contributed by atoms with Crippen LogP contribution in [0.25, 0.3) is 0 Å². The topological polar surface area (TPSA) is 35.2 Å². The molecule has 0 saturated heterocycles. The number of nitrogens with two attached hydrogens (primary N) is 1. The summed E-state index contributed by atoms with van der Waals surface area (Å²) in [6.45, 7) is 2.78. The molecule has 2 aromatic rings. The van der Waals surface area contributed by atoms with E-state index >= 15 is 0 Å². The molecule has 2 nitrogen and oxygen atoms in total. The first-order chi connectivity index (χ1) is 9.22. The summed E-state index contributed by atoms with van der Waals surface area (Å²) in [5.74, 6) is 1.63. The van der Waals surface area contributed by atoms with Gasteiger partial charge in [-0.25, -0.2) is 0 Å². The van der Waals surface area contributed by atoms with Gasteiger partial charge in [-0.3, -0.25) is 0 Å². The van der Waals surface area contributed by atoms with Gasteiger partial charge in [0.05, 0.1) is 0 Å². The highest BCUT2D eigenvalue weighted by Gasteiger charge is 2.26. The number of rotatable bonds is 4. The zero-order chi connectivity index (χ0) is 13.2. The maximum atomic E-state index is 5.85. The van der Waals surface area contributed by atoms with Gasteiger partial charge in [0.15, 0.2) is 0 Å². The van der Waals surface area contributed by atoms with Crippen molar-refractivity contribution in [3.63, 3.8) is 0 Å². The zero-order valence-electron chi connectivity index (χ0n) is 11.2. The number of anilines is 1. The molecule has 0 unspecified atom stereocenters. The lowest BCUT2D eigenvalue weighted by Gasteiger charge is -2.11. The largest absolute Gasteiger partial charge is 0.489 e. The van der Waals surface area contributed by atoms with E-state index in [0.717, 1.165) is 17.4 Å². The molecule has 0 spiro atoms. The molecule has 0 aliphatic heterocycles. The van der Waals surface area contributed by atoms with Gasteiger partial charge in [0.2, 0.25) is 0 Å². The molecular weight excluding hydrogens is 234 g/mol. The first kappa shape index (κ1) is 12.1. The summed E-state index contributed by atoms with van der Waals surface area (Å²) in [4.78, 5) is 0. The number of benzene rings is 2. The Labute approximate surface area is 114 Å². The number of aryl methyl sites for hydroxylation is 1. The van der Waals surface area contributed by atoms with E-state index < -0.39 is 0 Å². The highest BCUT2D eigenvalue weighted by atomic mass is 16.5. The lowest BCUT2D eigenvalue weighted by molar-refractivity contribution is 0.305. The summed E-state index contributed by atoms with van der Waals surface area (Å²) in [6.07, 6.45) is 2.64. The van der Waals surface area contributed by atoms with E-state index in [1.54, 1.807) is 0 Å². The minimum Gasteiger partial charge on any atom is -0.489 e. The molecule has 2 heteroatoms. The molecule has 0 atom stereocenters. The van der Waals surface area contributed by atoms with Crippen molar-refractivity contribution in [2.75, 3.05) is 5.73 Å². The molecule has 0 heterocycles. The minimum absolute atomic E-state index is 0.635. The first-order valence-electron chi connectivity index (χ1n) is 6.80. The molecule has 0 aromatic heterocycles. The molecule has 2 N–H and O–H groups in total. The van der Waals surface area contributed by atoms with Gasteiger partial charge in [0.25, 0.3) is 0 Å². The van der Waals surface area contributed by atoms with Crippen LogP contribution in [-0.4, -0.2) is 0 Å². The van der Waals surface area contributed by atoms with E-state index in [0.29, 0.717) is 6.61 Å². The lowest BCUT2D eigenvalue weighted by atomic mass is 10.0. The zero-order valence-corrected chi connectivity index (χ0v) is 11.2. The molecule has 0 radical (unpaired) electrons. The van der Waals surface area contributed by atoms with Crippen LogP contribution in [0.1, 0.15) is 35.4 Å². The highest BCUT2D eigenvalue weighted by molar-refractivity contribution is 5.42. The van der Waals surface area contributed by atoms with Gasteiger partial charge >= 0.3 is 0 Å². The van der Waals surface area contributed by atoms with Crippen LogP contribution >= 0.6 is 0 Å². The van der Waals surface area contributed by atoms with Crippen molar-refractivity contribution >= 4 is 5.69 Å². The Morgan fingerprint density at radius 2 is 1.84 bits per heavy atom. The van der Waals surface area contributed by atoms with Crippen LogP contribution in [-0.2, 0) is 6.61 Å². The van der Waals surface area contributed by atoms with Crippen LogP contribution in [0.15, 0.2) is 42.5 Å². The molecule has 1 aliphatic carbocycles. The predicted molar refractivity (Wildman–Crippen MR) is 78.3 cm³/mol. The van der Waals surface area contributed by atoms with Crippen molar-refractivity contribution in [1.82, 2.24) is 0 Å². The second-order valence-corrected chi connectivity index (χ2v) is 5.33. The second-order valence-electron chi connectivity index (χ2n) is 5.33. The molecule has 0 amide bonds. The van der Waals surface area contributed by atoms with Crippen LogP contribution < -0.4 is 10.5 Å². The number of hydrogen-bond donors (Lipinski definition) is 1. The third kappa shape index (κ3) is 2.90. The number of nitrogen functional groups attached to an aromatic ring is 1. The average molecular weight is 253 g/mol. The van der Waals surface area contributed by atoms with E-state index in [4.69, 9.17) is 10.5 Å². The van der Waals surface area contributed by atoms with Crippen molar-refractivity contribution in [3.8, 4) is 5.75 Å². The first-order valence-corrected chi connectivity index (χ1v) is 6.80. The Kier molecular flexibility index (Phi) is 3.16. The third-order valence-corrected chi connectivity index (χ3v) is 3.59. The molecule has 98 valence electrons.